The Morgan fingerprint density at radius 3 is 2.45 bits per heavy atom. The lowest BCUT2D eigenvalue weighted by molar-refractivity contribution is -0.0621. The highest BCUT2D eigenvalue weighted by Crippen LogP contribution is 2.33. The number of sulfonamides is 1. The molecule has 9 N–H and O–H groups in total. The Morgan fingerprint density at radius 2 is 2.00 bits per heavy atom. The highest BCUT2D eigenvalue weighted by molar-refractivity contribution is 7.89. The summed E-state index contributed by atoms with van der Waals surface area (Å²) in [5.74, 6) is -1.18. The molecule has 5 atom stereocenters. The molecular formula is C9H15N5O7S. The Kier molecular flexibility index (Phi) is 4.12. The van der Waals surface area contributed by atoms with E-state index in [0.29, 0.717) is 0 Å². The maximum absolute atomic E-state index is 11.1. The second-order valence-electron chi connectivity index (χ2n) is 4.70. The third-order valence-electron chi connectivity index (χ3n) is 3.23. The third-order valence-corrected chi connectivity index (χ3v) is 4.17. The minimum Gasteiger partial charge on any atom is -0.387 e. The second-order valence-corrected chi connectivity index (χ2v) is 6.36. The minimum atomic E-state index is -4.44. The largest absolute Gasteiger partial charge is 0.387 e. The van der Waals surface area contributed by atoms with E-state index in [2.05, 4.69) is 4.98 Å². The lowest BCUT2D eigenvalue weighted by Crippen LogP contribution is -2.45. The number of nitrogens with zero attached hydrogens (tertiary/aromatic N) is 2. The summed E-state index contributed by atoms with van der Waals surface area (Å²) in [6, 6.07) is 0. The van der Waals surface area contributed by atoms with Crippen molar-refractivity contribution in [2.45, 2.75) is 30.0 Å². The van der Waals surface area contributed by atoms with Gasteiger partial charge in [-0.2, -0.15) is 0 Å². The number of imidazole rings is 1. The first-order valence-electron chi connectivity index (χ1n) is 5.89. The molecule has 22 heavy (non-hydrogen) atoms. The van der Waals surface area contributed by atoms with Gasteiger partial charge in [0.05, 0.1) is 6.33 Å². The van der Waals surface area contributed by atoms with E-state index >= 15 is 0 Å². The lowest BCUT2D eigenvalue weighted by atomic mass is 10.1. The Balaban J connectivity index is 2.33. The number of rotatable bonds is 4. The SMILES string of the molecule is NC(=O)c1ncn([C@@H]2O[C@H](C(O)S(N)(=O)=O)[C@@H](O)[C@H]2O)c1N. The molecule has 1 amide bonds. The molecule has 1 unspecified atom stereocenters. The number of primary sulfonamides is 1. The van der Waals surface area contributed by atoms with Gasteiger partial charge in [0.15, 0.2) is 17.4 Å². The first-order valence-corrected chi connectivity index (χ1v) is 7.50. The van der Waals surface area contributed by atoms with Crippen molar-refractivity contribution in [3.63, 3.8) is 0 Å². The number of aromatic nitrogens is 2. The third kappa shape index (κ3) is 2.65. The molecule has 1 saturated heterocycles. The van der Waals surface area contributed by atoms with Crippen molar-refractivity contribution in [3.05, 3.63) is 12.0 Å². The van der Waals surface area contributed by atoms with Gasteiger partial charge in [-0.25, -0.2) is 18.5 Å². The standard InChI is InChI=1S/C9H15N5O7S/c10-6-2(7(11)17)13-1-14(6)8-4(16)3(15)5(21-8)9(18)22(12,19)20/h1,3-5,8-9,15-16,18H,10H2,(H2,11,17)(H2,12,19,20)/t3-,4+,5-,8+,9?/m0/s1. The maximum Gasteiger partial charge on any atom is 0.271 e. The molecular weight excluding hydrogens is 322 g/mol. The molecule has 1 aromatic heterocycles. The molecule has 0 radical (unpaired) electrons. The number of carbonyl (C=O) groups excluding carboxylic acids is 1. The normalized spacial score (nSPS) is 30.4. The molecule has 2 heterocycles. The number of amides is 1. The molecule has 1 aliphatic heterocycles. The molecule has 1 aromatic rings. The van der Waals surface area contributed by atoms with Gasteiger partial charge in [-0.1, -0.05) is 0 Å². The molecule has 0 spiro atoms. The molecule has 0 bridgehead atoms. The maximum atomic E-state index is 11.1. The minimum absolute atomic E-state index is 0.255. The number of ether oxygens (including phenoxy) is 1. The molecule has 124 valence electrons. The zero-order valence-corrected chi connectivity index (χ0v) is 11.8. The predicted octanol–water partition coefficient (Wildman–Crippen LogP) is -4.21. The number of primary amides is 1. The number of anilines is 1. The van der Waals surface area contributed by atoms with Crippen molar-refractivity contribution >= 4 is 21.7 Å². The summed E-state index contributed by atoms with van der Waals surface area (Å²) in [5, 5.41) is 34.1. The number of hydrogen-bond acceptors (Lipinski definition) is 9. The van der Waals surface area contributed by atoms with Gasteiger partial charge >= 0.3 is 0 Å². The van der Waals surface area contributed by atoms with Crippen LogP contribution in [0.3, 0.4) is 0 Å². The van der Waals surface area contributed by atoms with E-state index < -0.39 is 45.9 Å². The smallest absolute Gasteiger partial charge is 0.271 e. The van der Waals surface area contributed by atoms with Gasteiger partial charge in [-0.15, -0.1) is 0 Å². The van der Waals surface area contributed by atoms with E-state index in [1.807, 2.05) is 0 Å². The summed E-state index contributed by atoms with van der Waals surface area (Å²) in [4.78, 5) is 14.7. The van der Waals surface area contributed by atoms with E-state index in [-0.39, 0.29) is 11.5 Å². The van der Waals surface area contributed by atoms with Gasteiger partial charge in [0.25, 0.3) is 5.91 Å². The Morgan fingerprint density at radius 1 is 1.41 bits per heavy atom. The average molecular weight is 337 g/mol. The van der Waals surface area contributed by atoms with Crippen LogP contribution in [-0.2, 0) is 14.8 Å². The van der Waals surface area contributed by atoms with E-state index in [0.717, 1.165) is 10.9 Å². The second kappa shape index (κ2) is 5.45. The number of hydrogen-bond donors (Lipinski definition) is 6. The monoisotopic (exact) mass is 337 g/mol. The molecule has 13 heteroatoms. The van der Waals surface area contributed by atoms with Gasteiger partial charge in [0.2, 0.25) is 10.0 Å². The summed E-state index contributed by atoms with van der Waals surface area (Å²) >= 11 is 0. The van der Waals surface area contributed by atoms with Crippen molar-refractivity contribution in [2.75, 3.05) is 5.73 Å². The summed E-state index contributed by atoms with van der Waals surface area (Å²) in [5.41, 5.74) is 8.11. The lowest BCUT2D eigenvalue weighted by Gasteiger charge is -2.19. The van der Waals surface area contributed by atoms with Crippen molar-refractivity contribution in [3.8, 4) is 0 Å². The highest BCUT2D eigenvalue weighted by Gasteiger charge is 2.50. The van der Waals surface area contributed by atoms with Crippen LogP contribution in [-0.4, -0.2) is 62.9 Å². The highest BCUT2D eigenvalue weighted by atomic mass is 32.2. The van der Waals surface area contributed by atoms with Crippen LogP contribution in [0.1, 0.15) is 16.7 Å². The van der Waals surface area contributed by atoms with Gasteiger partial charge in [-0.05, 0) is 0 Å². The summed E-state index contributed by atoms with van der Waals surface area (Å²) in [7, 11) is -4.44. The fourth-order valence-corrected chi connectivity index (χ4v) is 2.70. The summed E-state index contributed by atoms with van der Waals surface area (Å²) in [6.07, 6.45) is -5.51. The van der Waals surface area contributed by atoms with Gasteiger partial charge in [0, 0.05) is 0 Å². The first-order chi connectivity index (χ1) is 10.1. The van der Waals surface area contributed by atoms with Crippen LogP contribution in [0.4, 0.5) is 5.82 Å². The van der Waals surface area contributed by atoms with Crippen molar-refractivity contribution < 1.29 is 33.3 Å². The van der Waals surface area contributed by atoms with Gasteiger partial charge in [0.1, 0.15) is 24.1 Å². The van der Waals surface area contributed by atoms with Crippen molar-refractivity contribution in [1.29, 1.82) is 0 Å². The topological polar surface area (TPSA) is 217 Å². The number of carbonyl (C=O) groups is 1. The van der Waals surface area contributed by atoms with Crippen LogP contribution >= 0.6 is 0 Å². The van der Waals surface area contributed by atoms with Crippen LogP contribution in [0.25, 0.3) is 0 Å². The average Bonchev–Trinajstić information content (AvgIpc) is 2.90. The molecule has 1 aliphatic rings. The van der Waals surface area contributed by atoms with Crippen LogP contribution in [0.15, 0.2) is 6.33 Å². The summed E-state index contributed by atoms with van der Waals surface area (Å²) < 4.78 is 28.3. The molecule has 0 aromatic carbocycles. The molecule has 1 fully saturated rings. The Labute approximate surface area is 124 Å². The number of aliphatic hydroxyl groups excluding tert-OH is 3. The Hall–Kier alpha value is -1.77. The van der Waals surface area contributed by atoms with Crippen LogP contribution < -0.4 is 16.6 Å². The van der Waals surface area contributed by atoms with E-state index in [1.165, 1.54) is 0 Å². The van der Waals surface area contributed by atoms with E-state index in [1.54, 1.807) is 0 Å². The van der Waals surface area contributed by atoms with Crippen molar-refractivity contribution in [2.24, 2.45) is 10.9 Å². The fraction of sp³-hybridized carbons (Fsp3) is 0.556. The Bertz CT molecular complexity index is 689. The molecule has 12 nitrogen and oxygen atoms in total. The molecule has 0 saturated carbocycles. The van der Waals surface area contributed by atoms with Gasteiger partial charge < -0.3 is 31.5 Å². The number of nitrogens with two attached hydrogens (primary N) is 3. The predicted molar refractivity (Wildman–Crippen MR) is 70.2 cm³/mol. The molecule has 0 aliphatic carbocycles. The van der Waals surface area contributed by atoms with Crippen LogP contribution in [0.5, 0.6) is 0 Å². The van der Waals surface area contributed by atoms with Crippen LogP contribution in [0, 0.1) is 0 Å². The number of aliphatic hydroxyl groups is 3. The van der Waals surface area contributed by atoms with E-state index in [4.69, 9.17) is 21.3 Å². The molecule has 2 rings (SSSR count). The van der Waals surface area contributed by atoms with Gasteiger partial charge in [-0.3, -0.25) is 9.36 Å². The number of nitrogen functional groups attached to an aromatic ring is 1. The quantitative estimate of drug-likeness (QED) is 0.313. The summed E-state index contributed by atoms with van der Waals surface area (Å²) in [6.45, 7) is 0. The first kappa shape index (κ1) is 16.6. The van der Waals surface area contributed by atoms with E-state index in [9.17, 15) is 28.5 Å². The van der Waals surface area contributed by atoms with Crippen molar-refractivity contribution in [1.82, 2.24) is 9.55 Å². The fourth-order valence-electron chi connectivity index (χ4n) is 2.10. The zero-order chi connectivity index (χ0) is 16.8. The zero-order valence-electron chi connectivity index (χ0n) is 11.0. The van der Waals surface area contributed by atoms with Crippen LogP contribution in [0.2, 0.25) is 0 Å².